The number of nitrogens with zero attached hydrogens (tertiary/aromatic N) is 2. The van der Waals surface area contributed by atoms with Gasteiger partial charge in [0.05, 0.1) is 11.5 Å². The van der Waals surface area contributed by atoms with Gasteiger partial charge in [-0.05, 0) is 55.8 Å². The Morgan fingerprint density at radius 1 is 1.25 bits per heavy atom. The van der Waals surface area contributed by atoms with Crippen LogP contribution in [-0.4, -0.2) is 36.2 Å². The van der Waals surface area contributed by atoms with Crippen LogP contribution in [0.1, 0.15) is 41.8 Å². The molecular weight excluding hydrogens is 446 g/mol. The molecule has 1 aliphatic carbocycles. The van der Waals surface area contributed by atoms with Crippen LogP contribution in [0.4, 0.5) is 5.13 Å². The minimum Gasteiger partial charge on any atom is -0.454 e. The molecule has 0 spiro atoms. The Morgan fingerprint density at radius 3 is 2.78 bits per heavy atom. The number of fused-ring (bicyclic) bond motifs is 1. The maximum absolute atomic E-state index is 13.2. The van der Waals surface area contributed by atoms with Crippen molar-refractivity contribution in [1.82, 2.24) is 9.88 Å². The lowest BCUT2D eigenvalue weighted by molar-refractivity contribution is -0.118. The van der Waals surface area contributed by atoms with Gasteiger partial charge in [0.1, 0.15) is 0 Å². The molecule has 0 saturated heterocycles. The first-order chi connectivity index (χ1) is 15.5. The number of hydrogen-bond acceptors (Lipinski definition) is 6. The van der Waals surface area contributed by atoms with E-state index >= 15 is 0 Å². The summed E-state index contributed by atoms with van der Waals surface area (Å²) in [5, 5.41) is 4.37. The van der Waals surface area contributed by atoms with Crippen molar-refractivity contribution in [3.8, 4) is 11.5 Å². The third-order valence-corrected chi connectivity index (χ3v) is 7.57. The van der Waals surface area contributed by atoms with Gasteiger partial charge in [-0.2, -0.15) is 0 Å². The van der Waals surface area contributed by atoms with E-state index in [2.05, 4.69) is 29.2 Å². The highest BCUT2D eigenvalue weighted by Crippen LogP contribution is 2.51. The molecule has 1 unspecified atom stereocenters. The number of halogens is 1. The fourth-order valence-electron chi connectivity index (χ4n) is 4.14. The summed E-state index contributed by atoms with van der Waals surface area (Å²) in [6.07, 6.45) is 3.44. The number of rotatable bonds is 7. The number of amides is 1. The first-order valence-corrected chi connectivity index (χ1v) is 11.8. The standard InChI is InChI=1S/C24H24ClN3O3S/c1-3-28(2)21(16-6-4-5-7-17(16)25)20-13-26-23(32-20)27-22(29)24(10-11-24)15-8-9-18-19(12-15)31-14-30-18/h4-9,12-13,21H,3,10-11,14H2,1-2H3,(H,26,27,29). The highest BCUT2D eigenvalue weighted by Gasteiger charge is 2.52. The van der Waals surface area contributed by atoms with Crippen molar-refractivity contribution < 1.29 is 14.3 Å². The normalized spacial score (nSPS) is 16.8. The lowest BCUT2D eigenvalue weighted by atomic mass is 9.94. The zero-order valence-electron chi connectivity index (χ0n) is 17.9. The number of aromatic nitrogens is 1. The molecule has 1 N–H and O–H groups in total. The third kappa shape index (κ3) is 3.74. The van der Waals surface area contributed by atoms with Crippen LogP contribution >= 0.6 is 22.9 Å². The van der Waals surface area contributed by atoms with Gasteiger partial charge in [0.15, 0.2) is 16.6 Å². The van der Waals surface area contributed by atoms with E-state index in [1.807, 2.05) is 48.7 Å². The molecule has 3 aromatic rings. The van der Waals surface area contributed by atoms with Crippen LogP contribution in [0.3, 0.4) is 0 Å². The predicted molar refractivity (Wildman–Crippen MR) is 126 cm³/mol. The van der Waals surface area contributed by atoms with Crippen LogP contribution < -0.4 is 14.8 Å². The smallest absolute Gasteiger partial charge is 0.236 e. The Labute approximate surface area is 196 Å². The van der Waals surface area contributed by atoms with Crippen molar-refractivity contribution >= 4 is 34.0 Å². The lowest BCUT2D eigenvalue weighted by Gasteiger charge is -2.26. The van der Waals surface area contributed by atoms with Crippen LogP contribution in [0.25, 0.3) is 0 Å². The molecule has 2 aliphatic rings. The molecule has 5 rings (SSSR count). The van der Waals surface area contributed by atoms with Gasteiger partial charge in [-0.3, -0.25) is 9.69 Å². The van der Waals surface area contributed by atoms with Crippen molar-refractivity contribution in [2.75, 3.05) is 25.7 Å². The Balaban J connectivity index is 1.38. The lowest BCUT2D eigenvalue weighted by Crippen LogP contribution is -2.27. The SMILES string of the molecule is CCN(C)C(c1cnc(NC(=O)C2(c3ccc4c(c3)OCO4)CC2)s1)c1ccccc1Cl. The first kappa shape index (κ1) is 21.2. The van der Waals surface area contributed by atoms with E-state index < -0.39 is 5.41 Å². The maximum Gasteiger partial charge on any atom is 0.236 e. The van der Waals surface area contributed by atoms with Crippen molar-refractivity contribution in [1.29, 1.82) is 0 Å². The molecule has 1 atom stereocenters. The molecule has 2 aromatic carbocycles. The Kier molecular flexibility index (Phi) is 5.57. The number of carbonyl (C=O) groups is 1. The summed E-state index contributed by atoms with van der Waals surface area (Å²) >= 11 is 7.99. The highest BCUT2D eigenvalue weighted by molar-refractivity contribution is 7.15. The number of anilines is 1. The van der Waals surface area contributed by atoms with E-state index in [-0.39, 0.29) is 18.7 Å². The molecule has 8 heteroatoms. The van der Waals surface area contributed by atoms with Crippen molar-refractivity contribution in [2.24, 2.45) is 0 Å². The number of carbonyl (C=O) groups excluding carboxylic acids is 1. The average molecular weight is 470 g/mol. The molecule has 6 nitrogen and oxygen atoms in total. The second-order valence-electron chi connectivity index (χ2n) is 8.17. The molecule has 1 amide bonds. The van der Waals surface area contributed by atoms with Crippen LogP contribution in [-0.2, 0) is 10.2 Å². The molecule has 1 aliphatic heterocycles. The predicted octanol–water partition coefficient (Wildman–Crippen LogP) is 5.24. The molecular formula is C24H24ClN3O3S. The number of benzene rings is 2. The minimum absolute atomic E-state index is 0.0272. The van der Waals surface area contributed by atoms with Gasteiger partial charge in [0.25, 0.3) is 0 Å². The second-order valence-corrected chi connectivity index (χ2v) is 9.64. The quantitative estimate of drug-likeness (QED) is 0.513. The van der Waals surface area contributed by atoms with Crippen molar-refractivity contribution in [3.63, 3.8) is 0 Å². The summed E-state index contributed by atoms with van der Waals surface area (Å²) in [7, 11) is 2.06. The van der Waals surface area contributed by atoms with Crippen molar-refractivity contribution in [2.45, 2.75) is 31.2 Å². The maximum atomic E-state index is 13.2. The summed E-state index contributed by atoms with van der Waals surface area (Å²) in [6, 6.07) is 13.6. The second kappa shape index (κ2) is 8.39. The fraction of sp³-hybridized carbons (Fsp3) is 0.333. The summed E-state index contributed by atoms with van der Waals surface area (Å²) in [5.41, 5.74) is 1.45. The summed E-state index contributed by atoms with van der Waals surface area (Å²) in [4.78, 5) is 21.0. The van der Waals surface area contributed by atoms with E-state index in [0.717, 1.165) is 46.2 Å². The largest absolute Gasteiger partial charge is 0.454 e. The molecule has 0 bridgehead atoms. The highest BCUT2D eigenvalue weighted by atomic mass is 35.5. The van der Waals surface area contributed by atoms with Gasteiger partial charge in [0, 0.05) is 16.1 Å². The molecule has 0 radical (unpaired) electrons. The molecule has 1 fully saturated rings. The van der Waals surface area contributed by atoms with Gasteiger partial charge >= 0.3 is 0 Å². The minimum atomic E-state index is -0.533. The van der Waals surface area contributed by atoms with Crippen LogP contribution in [0.15, 0.2) is 48.7 Å². The Hall–Kier alpha value is -2.61. The van der Waals surface area contributed by atoms with Crippen LogP contribution in [0.5, 0.6) is 11.5 Å². The van der Waals surface area contributed by atoms with Crippen LogP contribution in [0.2, 0.25) is 5.02 Å². The fourth-order valence-corrected chi connectivity index (χ4v) is 5.38. The zero-order valence-corrected chi connectivity index (χ0v) is 19.5. The number of hydrogen-bond donors (Lipinski definition) is 1. The van der Waals surface area contributed by atoms with Gasteiger partial charge < -0.3 is 14.8 Å². The molecule has 2 heterocycles. The third-order valence-electron chi connectivity index (χ3n) is 6.26. The molecule has 166 valence electrons. The molecule has 1 aromatic heterocycles. The van der Waals surface area contributed by atoms with Gasteiger partial charge in [-0.25, -0.2) is 4.98 Å². The van der Waals surface area contributed by atoms with E-state index in [0.29, 0.717) is 10.9 Å². The van der Waals surface area contributed by atoms with Gasteiger partial charge in [-0.1, -0.05) is 54.1 Å². The van der Waals surface area contributed by atoms with Crippen LogP contribution in [0, 0.1) is 0 Å². The number of ether oxygens (including phenoxy) is 2. The first-order valence-electron chi connectivity index (χ1n) is 10.6. The monoisotopic (exact) mass is 469 g/mol. The summed E-state index contributed by atoms with van der Waals surface area (Å²) in [6.45, 7) is 3.18. The molecule has 1 saturated carbocycles. The van der Waals surface area contributed by atoms with Crippen molar-refractivity contribution in [3.05, 3.63) is 69.7 Å². The summed E-state index contributed by atoms with van der Waals surface area (Å²) < 4.78 is 10.9. The summed E-state index contributed by atoms with van der Waals surface area (Å²) in [5.74, 6) is 1.39. The van der Waals surface area contributed by atoms with E-state index in [1.165, 1.54) is 11.3 Å². The topological polar surface area (TPSA) is 63.7 Å². The Morgan fingerprint density at radius 2 is 2.03 bits per heavy atom. The van der Waals surface area contributed by atoms with E-state index in [1.54, 1.807) is 0 Å². The molecule has 32 heavy (non-hydrogen) atoms. The van der Waals surface area contributed by atoms with E-state index in [9.17, 15) is 4.79 Å². The Bertz CT molecular complexity index is 1160. The van der Waals surface area contributed by atoms with E-state index in [4.69, 9.17) is 21.1 Å². The average Bonchev–Trinajstić information content (AvgIpc) is 3.27. The zero-order chi connectivity index (χ0) is 22.3. The number of thiazole rings is 1. The van der Waals surface area contributed by atoms with Gasteiger partial charge in [0.2, 0.25) is 12.7 Å². The van der Waals surface area contributed by atoms with Gasteiger partial charge in [-0.15, -0.1) is 0 Å². The number of nitrogens with one attached hydrogen (secondary N) is 1.